The van der Waals surface area contributed by atoms with E-state index in [-0.39, 0.29) is 6.35 Å². The van der Waals surface area contributed by atoms with Gasteiger partial charge in [0.2, 0.25) is 0 Å². The maximum absolute atomic E-state index is 5.88. The second-order valence-electron chi connectivity index (χ2n) is 4.32. The fourth-order valence-electron chi connectivity index (χ4n) is 2.33. The smallest absolute Gasteiger partial charge is 0.254 e. The predicted octanol–water partition coefficient (Wildman–Crippen LogP) is 2.63. The average molecular weight is 240 g/mol. The molecule has 2 aliphatic rings. The minimum absolute atomic E-state index is 0.203. The summed E-state index contributed by atoms with van der Waals surface area (Å²) in [5.74, 6) is 1.78. The first kappa shape index (κ1) is 9.65. The molecule has 4 nitrogen and oxygen atoms in total. The summed E-state index contributed by atoms with van der Waals surface area (Å²) >= 11 is 0. The van der Waals surface area contributed by atoms with Crippen LogP contribution in [0, 0.1) is 0 Å². The van der Waals surface area contributed by atoms with Crippen molar-refractivity contribution < 1.29 is 9.47 Å². The maximum atomic E-state index is 5.88. The van der Waals surface area contributed by atoms with Gasteiger partial charge in [0, 0.05) is 0 Å². The number of fused-ring (bicyclic) bond motifs is 2. The Hall–Kier alpha value is -2.36. The second kappa shape index (κ2) is 3.57. The largest absolute Gasteiger partial charge is 0.471 e. The molecule has 0 fully saturated rings. The van der Waals surface area contributed by atoms with Crippen molar-refractivity contribution in [2.45, 2.75) is 6.35 Å². The molecule has 4 heteroatoms. The zero-order chi connectivity index (χ0) is 11.9. The molecule has 0 bridgehead atoms. The van der Waals surface area contributed by atoms with E-state index in [0.717, 1.165) is 22.9 Å². The molecule has 4 rings (SSSR count). The second-order valence-corrected chi connectivity index (χ2v) is 4.32. The van der Waals surface area contributed by atoms with Gasteiger partial charge in [-0.3, -0.25) is 4.90 Å². The highest BCUT2D eigenvalue weighted by molar-refractivity contribution is 5.66. The van der Waals surface area contributed by atoms with Crippen LogP contribution in [0.5, 0.6) is 11.5 Å². The lowest BCUT2D eigenvalue weighted by molar-refractivity contribution is 0.219. The van der Waals surface area contributed by atoms with Crippen LogP contribution < -0.4 is 19.7 Å². The van der Waals surface area contributed by atoms with Crippen LogP contribution in [0.15, 0.2) is 48.5 Å². The molecule has 0 aliphatic carbocycles. The van der Waals surface area contributed by atoms with E-state index >= 15 is 0 Å². The van der Waals surface area contributed by atoms with Gasteiger partial charge in [-0.25, -0.2) is 0 Å². The van der Waals surface area contributed by atoms with Gasteiger partial charge in [0.15, 0.2) is 6.73 Å². The van der Waals surface area contributed by atoms with Crippen LogP contribution in [-0.2, 0) is 0 Å². The van der Waals surface area contributed by atoms with Gasteiger partial charge >= 0.3 is 0 Å². The lowest BCUT2D eigenvalue weighted by Gasteiger charge is -2.23. The van der Waals surface area contributed by atoms with E-state index in [1.165, 1.54) is 0 Å². The highest BCUT2D eigenvalue weighted by Crippen LogP contribution is 2.39. The first-order valence-electron chi connectivity index (χ1n) is 5.92. The molecule has 1 unspecified atom stereocenters. The van der Waals surface area contributed by atoms with Crippen LogP contribution in [0.3, 0.4) is 0 Å². The van der Waals surface area contributed by atoms with Crippen molar-refractivity contribution >= 4 is 11.4 Å². The van der Waals surface area contributed by atoms with Crippen molar-refractivity contribution in [1.82, 2.24) is 0 Å². The summed E-state index contributed by atoms with van der Waals surface area (Å²) in [6, 6.07) is 15.9. The van der Waals surface area contributed by atoms with E-state index in [2.05, 4.69) is 10.2 Å². The van der Waals surface area contributed by atoms with Gasteiger partial charge in [0.1, 0.15) is 11.5 Å². The number of benzene rings is 2. The molecule has 18 heavy (non-hydrogen) atoms. The molecule has 2 aromatic rings. The van der Waals surface area contributed by atoms with Gasteiger partial charge in [-0.05, 0) is 24.3 Å². The van der Waals surface area contributed by atoms with Crippen molar-refractivity contribution in [1.29, 1.82) is 0 Å². The standard InChI is InChI=1S/C14H12N2O2/c1-3-7-12-10(5-1)15-14(18-12)16-9-17-13-8-4-2-6-11(13)16/h1-8,14-15H,9H2. The molecular formula is C14H12N2O2. The number of anilines is 2. The fraction of sp³-hybridized carbons (Fsp3) is 0.143. The van der Waals surface area contributed by atoms with Crippen LogP contribution in [0.1, 0.15) is 0 Å². The monoisotopic (exact) mass is 240 g/mol. The Bertz CT molecular complexity index is 575. The summed E-state index contributed by atoms with van der Waals surface area (Å²) < 4.78 is 11.5. The summed E-state index contributed by atoms with van der Waals surface area (Å²) in [4.78, 5) is 2.06. The third kappa shape index (κ3) is 1.32. The molecule has 2 heterocycles. The van der Waals surface area contributed by atoms with Crippen LogP contribution in [-0.4, -0.2) is 13.1 Å². The third-order valence-electron chi connectivity index (χ3n) is 3.22. The topological polar surface area (TPSA) is 33.7 Å². The normalized spacial score (nSPS) is 19.6. The van der Waals surface area contributed by atoms with Gasteiger partial charge in [-0.15, -0.1) is 0 Å². The lowest BCUT2D eigenvalue weighted by Crippen LogP contribution is -2.41. The summed E-state index contributed by atoms with van der Waals surface area (Å²) in [5, 5.41) is 3.34. The minimum Gasteiger partial charge on any atom is -0.471 e. The van der Waals surface area contributed by atoms with E-state index in [1.54, 1.807) is 0 Å². The van der Waals surface area contributed by atoms with Gasteiger partial charge in [-0.1, -0.05) is 24.3 Å². The fourth-order valence-corrected chi connectivity index (χ4v) is 2.33. The molecule has 90 valence electrons. The predicted molar refractivity (Wildman–Crippen MR) is 68.9 cm³/mol. The summed E-state index contributed by atoms with van der Waals surface area (Å²) in [6.45, 7) is 0.505. The molecule has 0 radical (unpaired) electrons. The number of hydrogen-bond acceptors (Lipinski definition) is 4. The van der Waals surface area contributed by atoms with Crippen molar-refractivity contribution in [2.75, 3.05) is 16.9 Å². The van der Waals surface area contributed by atoms with Gasteiger partial charge in [-0.2, -0.15) is 0 Å². The van der Waals surface area contributed by atoms with Crippen LogP contribution in [0.25, 0.3) is 0 Å². The van der Waals surface area contributed by atoms with Gasteiger partial charge in [0.05, 0.1) is 11.4 Å². The zero-order valence-corrected chi connectivity index (χ0v) is 9.67. The molecule has 0 aromatic heterocycles. The summed E-state index contributed by atoms with van der Waals surface area (Å²) in [5.41, 5.74) is 2.08. The van der Waals surface area contributed by atoms with E-state index < -0.39 is 0 Å². The maximum Gasteiger partial charge on any atom is 0.254 e. The third-order valence-corrected chi connectivity index (χ3v) is 3.22. The first-order chi connectivity index (χ1) is 8.92. The highest BCUT2D eigenvalue weighted by atomic mass is 16.6. The summed E-state index contributed by atoms with van der Waals surface area (Å²) in [6.07, 6.45) is -0.203. The molecule has 0 saturated carbocycles. The van der Waals surface area contributed by atoms with Crippen LogP contribution in [0.2, 0.25) is 0 Å². The molecular weight excluding hydrogens is 228 g/mol. The van der Waals surface area contributed by atoms with E-state index in [0.29, 0.717) is 6.73 Å². The minimum atomic E-state index is -0.203. The van der Waals surface area contributed by atoms with Crippen LogP contribution >= 0.6 is 0 Å². The molecule has 1 N–H and O–H groups in total. The Balaban J connectivity index is 1.65. The Labute approximate surface area is 105 Å². The molecule has 0 saturated heterocycles. The van der Waals surface area contributed by atoms with Crippen molar-refractivity contribution in [3.8, 4) is 11.5 Å². The van der Waals surface area contributed by atoms with Gasteiger partial charge in [0.25, 0.3) is 6.35 Å². The first-order valence-corrected chi connectivity index (χ1v) is 5.92. The summed E-state index contributed by atoms with van der Waals surface area (Å²) in [7, 11) is 0. The SMILES string of the molecule is c1ccc2c(c1)NC(N1COc3ccccc31)O2. The van der Waals surface area contributed by atoms with Crippen molar-refractivity contribution in [3.63, 3.8) is 0 Å². The number of nitrogens with zero attached hydrogens (tertiary/aromatic N) is 1. The highest BCUT2D eigenvalue weighted by Gasteiger charge is 2.32. The zero-order valence-electron chi connectivity index (χ0n) is 9.67. The Kier molecular flexibility index (Phi) is 1.91. The number of rotatable bonds is 1. The number of hydrogen-bond donors (Lipinski definition) is 1. The van der Waals surface area contributed by atoms with E-state index in [1.807, 2.05) is 48.5 Å². The Morgan fingerprint density at radius 1 is 1.00 bits per heavy atom. The van der Waals surface area contributed by atoms with E-state index in [9.17, 15) is 0 Å². The number of para-hydroxylation sites is 4. The van der Waals surface area contributed by atoms with Crippen molar-refractivity contribution in [3.05, 3.63) is 48.5 Å². The van der Waals surface area contributed by atoms with Crippen LogP contribution in [0.4, 0.5) is 11.4 Å². The quantitative estimate of drug-likeness (QED) is 0.830. The molecule has 2 aromatic carbocycles. The molecule has 1 atom stereocenters. The van der Waals surface area contributed by atoms with Gasteiger partial charge < -0.3 is 14.8 Å². The van der Waals surface area contributed by atoms with Crippen molar-refractivity contribution in [2.24, 2.45) is 0 Å². The number of ether oxygens (including phenoxy) is 2. The Morgan fingerprint density at radius 3 is 2.67 bits per heavy atom. The lowest BCUT2D eigenvalue weighted by atomic mass is 10.3. The molecule has 0 amide bonds. The Morgan fingerprint density at radius 2 is 1.78 bits per heavy atom. The average Bonchev–Trinajstić information content (AvgIpc) is 3.02. The van der Waals surface area contributed by atoms with E-state index in [4.69, 9.17) is 9.47 Å². The molecule has 0 spiro atoms. The number of nitrogens with one attached hydrogen (secondary N) is 1. The molecule has 2 aliphatic heterocycles.